The minimum atomic E-state index is -3.61. The predicted molar refractivity (Wildman–Crippen MR) is 76.4 cm³/mol. The molecule has 0 aliphatic heterocycles. The summed E-state index contributed by atoms with van der Waals surface area (Å²) in [5, 5.41) is 0. The van der Waals surface area contributed by atoms with Crippen LogP contribution in [0.3, 0.4) is 0 Å². The third kappa shape index (κ3) is 3.86. The Balaban J connectivity index is 3.15. The third-order valence-corrected chi connectivity index (χ3v) is 3.91. The first-order valence-corrected chi connectivity index (χ1v) is 7.96. The van der Waals surface area contributed by atoms with Crippen LogP contribution in [0, 0.1) is 0 Å². The first-order valence-electron chi connectivity index (χ1n) is 6.11. The van der Waals surface area contributed by atoms with Crippen LogP contribution in [0.25, 0.3) is 0 Å². The number of methoxy groups -OCH3 is 1. The van der Waals surface area contributed by atoms with Crippen LogP contribution in [0.2, 0.25) is 0 Å². The number of ether oxygens (including phenoxy) is 2. The highest BCUT2D eigenvalue weighted by molar-refractivity contribution is 7.92. The lowest BCUT2D eigenvalue weighted by molar-refractivity contribution is -0.144. The fourth-order valence-electron chi connectivity index (χ4n) is 1.79. The van der Waals surface area contributed by atoms with Crippen molar-refractivity contribution in [3.05, 3.63) is 24.3 Å². The van der Waals surface area contributed by atoms with Crippen LogP contribution in [0.1, 0.15) is 13.8 Å². The fraction of sp³-hybridized carbons (Fsp3) is 0.462. The van der Waals surface area contributed by atoms with Gasteiger partial charge in [-0.05, 0) is 38.1 Å². The summed E-state index contributed by atoms with van der Waals surface area (Å²) in [5.74, 6) is 0.0136. The molecule has 0 radical (unpaired) electrons. The number of benzene rings is 1. The molecule has 1 atom stereocenters. The molecule has 20 heavy (non-hydrogen) atoms. The fourth-order valence-corrected chi connectivity index (χ4v) is 2.96. The van der Waals surface area contributed by atoms with Crippen molar-refractivity contribution in [2.75, 3.05) is 24.3 Å². The number of rotatable bonds is 6. The van der Waals surface area contributed by atoms with E-state index in [-0.39, 0.29) is 6.61 Å². The second kappa shape index (κ2) is 6.60. The second-order valence-electron chi connectivity index (χ2n) is 4.18. The zero-order valence-electron chi connectivity index (χ0n) is 12.0. The van der Waals surface area contributed by atoms with Crippen LogP contribution in [-0.4, -0.2) is 40.4 Å². The molecule has 112 valence electrons. The van der Waals surface area contributed by atoms with E-state index in [1.54, 1.807) is 31.2 Å². The largest absolute Gasteiger partial charge is 0.497 e. The van der Waals surface area contributed by atoms with Gasteiger partial charge in [-0.15, -0.1) is 0 Å². The minimum Gasteiger partial charge on any atom is -0.497 e. The molecular weight excluding hydrogens is 282 g/mol. The van der Waals surface area contributed by atoms with Crippen LogP contribution in [0.4, 0.5) is 5.69 Å². The normalized spacial score (nSPS) is 12.6. The van der Waals surface area contributed by atoms with Gasteiger partial charge in [-0.3, -0.25) is 4.31 Å². The van der Waals surface area contributed by atoms with E-state index in [9.17, 15) is 13.2 Å². The van der Waals surface area contributed by atoms with Gasteiger partial charge in [-0.1, -0.05) is 0 Å². The quantitative estimate of drug-likeness (QED) is 0.743. The van der Waals surface area contributed by atoms with Gasteiger partial charge in [0.25, 0.3) is 0 Å². The molecule has 0 spiro atoms. The Morgan fingerprint density at radius 1 is 1.30 bits per heavy atom. The van der Waals surface area contributed by atoms with Crippen molar-refractivity contribution in [2.45, 2.75) is 19.9 Å². The monoisotopic (exact) mass is 301 g/mol. The number of anilines is 1. The lowest BCUT2D eigenvalue weighted by atomic mass is 10.2. The molecule has 6 nitrogen and oxygen atoms in total. The number of carbonyl (C=O) groups is 1. The highest BCUT2D eigenvalue weighted by atomic mass is 32.2. The van der Waals surface area contributed by atoms with Crippen molar-refractivity contribution in [3.8, 4) is 5.75 Å². The number of sulfonamides is 1. The number of hydrogen-bond acceptors (Lipinski definition) is 5. The lowest BCUT2D eigenvalue weighted by Crippen LogP contribution is -2.43. The molecule has 0 aliphatic rings. The molecule has 0 amide bonds. The van der Waals surface area contributed by atoms with Gasteiger partial charge in [-0.2, -0.15) is 0 Å². The maximum Gasteiger partial charge on any atom is 0.329 e. The van der Waals surface area contributed by atoms with E-state index in [1.165, 1.54) is 14.0 Å². The summed E-state index contributed by atoms with van der Waals surface area (Å²) in [6.07, 6.45) is 1.05. The smallest absolute Gasteiger partial charge is 0.329 e. The highest BCUT2D eigenvalue weighted by Crippen LogP contribution is 2.24. The lowest BCUT2D eigenvalue weighted by Gasteiger charge is -2.27. The Morgan fingerprint density at radius 3 is 2.25 bits per heavy atom. The Kier molecular flexibility index (Phi) is 5.38. The van der Waals surface area contributed by atoms with Crippen LogP contribution < -0.4 is 9.04 Å². The Labute approximate surface area is 119 Å². The molecule has 0 saturated heterocycles. The number of carbonyl (C=O) groups excluding carboxylic acids is 1. The Bertz CT molecular complexity index is 553. The molecule has 0 aliphatic carbocycles. The summed E-state index contributed by atoms with van der Waals surface area (Å²) in [6, 6.07) is 5.49. The van der Waals surface area contributed by atoms with Crippen LogP contribution in [0.15, 0.2) is 24.3 Å². The predicted octanol–water partition coefficient (Wildman–Crippen LogP) is 1.41. The topological polar surface area (TPSA) is 72.9 Å². The molecule has 1 unspecified atom stereocenters. The first kappa shape index (κ1) is 16.3. The zero-order valence-corrected chi connectivity index (χ0v) is 12.8. The SMILES string of the molecule is CCOC(=O)C(C)N(c1ccc(OC)cc1)S(C)(=O)=O. The van der Waals surface area contributed by atoms with Gasteiger partial charge in [-0.25, -0.2) is 13.2 Å². The molecular formula is C13H19NO5S. The highest BCUT2D eigenvalue weighted by Gasteiger charge is 2.29. The van der Waals surface area contributed by atoms with Gasteiger partial charge >= 0.3 is 5.97 Å². The summed E-state index contributed by atoms with van der Waals surface area (Å²) >= 11 is 0. The summed E-state index contributed by atoms with van der Waals surface area (Å²) in [6.45, 7) is 3.36. The van der Waals surface area contributed by atoms with Crippen molar-refractivity contribution >= 4 is 21.7 Å². The molecule has 0 N–H and O–H groups in total. The average Bonchev–Trinajstić information content (AvgIpc) is 2.38. The van der Waals surface area contributed by atoms with Crippen molar-refractivity contribution in [1.29, 1.82) is 0 Å². The van der Waals surface area contributed by atoms with Gasteiger partial charge in [0.2, 0.25) is 10.0 Å². The van der Waals surface area contributed by atoms with E-state index >= 15 is 0 Å². The number of esters is 1. The van der Waals surface area contributed by atoms with Crippen molar-refractivity contribution in [2.24, 2.45) is 0 Å². The zero-order chi connectivity index (χ0) is 15.3. The molecule has 7 heteroatoms. The third-order valence-electron chi connectivity index (χ3n) is 2.66. The van der Waals surface area contributed by atoms with Crippen LogP contribution >= 0.6 is 0 Å². The maximum absolute atomic E-state index is 11.9. The molecule has 0 bridgehead atoms. The average molecular weight is 301 g/mol. The van der Waals surface area contributed by atoms with Crippen molar-refractivity contribution in [3.63, 3.8) is 0 Å². The van der Waals surface area contributed by atoms with E-state index in [0.29, 0.717) is 11.4 Å². The molecule has 0 saturated carbocycles. The van der Waals surface area contributed by atoms with Gasteiger partial charge in [0.05, 0.1) is 25.7 Å². The van der Waals surface area contributed by atoms with E-state index in [1.807, 2.05) is 0 Å². The summed E-state index contributed by atoms with van der Waals surface area (Å²) in [5.41, 5.74) is 0.383. The minimum absolute atomic E-state index is 0.198. The molecule has 0 fully saturated rings. The summed E-state index contributed by atoms with van der Waals surface area (Å²) in [7, 11) is -2.09. The van der Waals surface area contributed by atoms with E-state index in [2.05, 4.69) is 0 Å². The van der Waals surface area contributed by atoms with Gasteiger partial charge in [0.15, 0.2) is 0 Å². The molecule has 1 rings (SSSR count). The van der Waals surface area contributed by atoms with E-state index < -0.39 is 22.0 Å². The summed E-state index contributed by atoms with van der Waals surface area (Å²) < 4.78 is 34.8. The van der Waals surface area contributed by atoms with E-state index in [0.717, 1.165) is 10.6 Å². The summed E-state index contributed by atoms with van der Waals surface area (Å²) in [4.78, 5) is 11.8. The van der Waals surface area contributed by atoms with Gasteiger partial charge in [0, 0.05) is 0 Å². The standard InChI is InChI=1S/C13H19NO5S/c1-5-19-13(15)10(2)14(20(4,16)17)11-6-8-12(18-3)9-7-11/h6-10H,5H2,1-4H3. The number of nitrogens with zero attached hydrogens (tertiary/aromatic N) is 1. The van der Waals surface area contributed by atoms with Crippen LogP contribution in [-0.2, 0) is 19.6 Å². The molecule has 1 aromatic carbocycles. The Hall–Kier alpha value is -1.76. The van der Waals surface area contributed by atoms with Crippen molar-refractivity contribution < 1.29 is 22.7 Å². The van der Waals surface area contributed by atoms with Crippen LogP contribution in [0.5, 0.6) is 5.75 Å². The molecule has 0 aromatic heterocycles. The maximum atomic E-state index is 11.9. The van der Waals surface area contributed by atoms with Crippen molar-refractivity contribution in [1.82, 2.24) is 0 Å². The molecule has 0 heterocycles. The molecule has 1 aromatic rings. The Morgan fingerprint density at radius 2 is 1.85 bits per heavy atom. The van der Waals surface area contributed by atoms with Gasteiger partial charge in [0.1, 0.15) is 11.8 Å². The second-order valence-corrected chi connectivity index (χ2v) is 6.04. The number of hydrogen-bond donors (Lipinski definition) is 0. The first-order chi connectivity index (χ1) is 9.31. The van der Waals surface area contributed by atoms with Gasteiger partial charge < -0.3 is 9.47 Å². The van der Waals surface area contributed by atoms with E-state index in [4.69, 9.17) is 9.47 Å².